The van der Waals surface area contributed by atoms with Crippen LogP contribution in [0.2, 0.25) is 0 Å². The fourth-order valence-electron chi connectivity index (χ4n) is 1.23. The molecule has 0 unspecified atom stereocenters. The molecule has 1 aromatic heterocycles. The fourth-order valence-corrected chi connectivity index (χ4v) is 1.23. The molecule has 1 heterocycles. The van der Waals surface area contributed by atoms with Crippen molar-refractivity contribution in [2.75, 3.05) is 0 Å². The number of rotatable bonds is 2. The van der Waals surface area contributed by atoms with E-state index in [-0.39, 0.29) is 5.82 Å². The number of hydrogen-bond donors (Lipinski definition) is 2. The van der Waals surface area contributed by atoms with Crippen LogP contribution in [0, 0.1) is 5.82 Å². The molecule has 0 aliphatic heterocycles. The minimum absolute atomic E-state index is 0.247. The van der Waals surface area contributed by atoms with Crippen molar-refractivity contribution < 1.29 is 4.39 Å². The molecular weight excluding hydrogens is 181 g/mol. The van der Waals surface area contributed by atoms with Crippen LogP contribution in [0.5, 0.6) is 0 Å². The summed E-state index contributed by atoms with van der Waals surface area (Å²) in [5.74, 6) is -0.247. The number of aromatic amines is 1. The molecule has 0 saturated heterocycles. The van der Waals surface area contributed by atoms with E-state index in [4.69, 9.17) is 5.73 Å². The van der Waals surface area contributed by atoms with E-state index >= 15 is 0 Å². The van der Waals surface area contributed by atoms with Gasteiger partial charge in [0, 0.05) is 17.8 Å². The molecule has 0 aliphatic carbocycles. The maximum absolute atomic E-state index is 12.6. The van der Waals surface area contributed by atoms with E-state index in [9.17, 15) is 4.39 Å². The molecule has 2 aromatic rings. The highest BCUT2D eigenvalue weighted by Crippen LogP contribution is 2.17. The largest absolute Gasteiger partial charge is 0.325 e. The molecule has 0 atom stereocenters. The Kier molecular flexibility index (Phi) is 2.28. The van der Waals surface area contributed by atoms with Crippen LogP contribution in [0.1, 0.15) is 5.69 Å². The van der Waals surface area contributed by atoms with Crippen LogP contribution in [0.15, 0.2) is 30.3 Å². The van der Waals surface area contributed by atoms with Crippen LogP contribution in [0.25, 0.3) is 11.3 Å². The molecule has 0 radical (unpaired) electrons. The Balaban J connectivity index is 2.34. The van der Waals surface area contributed by atoms with Gasteiger partial charge in [-0.25, -0.2) is 4.39 Å². The highest BCUT2D eigenvalue weighted by Gasteiger charge is 2.02. The second-order valence-corrected chi connectivity index (χ2v) is 2.99. The second-order valence-electron chi connectivity index (χ2n) is 2.99. The van der Waals surface area contributed by atoms with Crippen molar-refractivity contribution in [2.45, 2.75) is 6.54 Å². The minimum Gasteiger partial charge on any atom is -0.325 e. The van der Waals surface area contributed by atoms with Gasteiger partial charge in [-0.05, 0) is 30.3 Å². The molecule has 0 aliphatic rings. The third-order valence-corrected chi connectivity index (χ3v) is 1.99. The van der Waals surface area contributed by atoms with Crippen LogP contribution in [0.4, 0.5) is 4.39 Å². The Morgan fingerprint density at radius 3 is 2.57 bits per heavy atom. The number of aromatic nitrogens is 2. The lowest BCUT2D eigenvalue weighted by Crippen LogP contribution is -1.95. The Morgan fingerprint density at radius 2 is 2.00 bits per heavy atom. The van der Waals surface area contributed by atoms with Crippen LogP contribution in [-0.2, 0) is 6.54 Å². The number of nitrogens with zero attached hydrogens (tertiary/aromatic N) is 1. The van der Waals surface area contributed by atoms with Gasteiger partial charge in [-0.1, -0.05) is 0 Å². The van der Waals surface area contributed by atoms with Crippen molar-refractivity contribution in [3.05, 3.63) is 41.8 Å². The second kappa shape index (κ2) is 3.59. The summed E-state index contributed by atoms with van der Waals surface area (Å²) in [7, 11) is 0. The van der Waals surface area contributed by atoms with E-state index in [2.05, 4.69) is 10.2 Å². The van der Waals surface area contributed by atoms with E-state index in [0.717, 1.165) is 17.0 Å². The smallest absolute Gasteiger partial charge is 0.123 e. The van der Waals surface area contributed by atoms with Crippen molar-refractivity contribution in [3.63, 3.8) is 0 Å². The van der Waals surface area contributed by atoms with Gasteiger partial charge in [0.15, 0.2) is 0 Å². The van der Waals surface area contributed by atoms with Crippen molar-refractivity contribution in [2.24, 2.45) is 5.73 Å². The van der Waals surface area contributed by atoms with Gasteiger partial charge in [0.25, 0.3) is 0 Å². The van der Waals surface area contributed by atoms with E-state index < -0.39 is 0 Å². The van der Waals surface area contributed by atoms with Crippen molar-refractivity contribution in [1.29, 1.82) is 0 Å². The number of hydrogen-bond acceptors (Lipinski definition) is 2. The van der Waals surface area contributed by atoms with Crippen LogP contribution >= 0.6 is 0 Å². The van der Waals surface area contributed by atoms with Gasteiger partial charge in [0.2, 0.25) is 0 Å². The monoisotopic (exact) mass is 191 g/mol. The lowest BCUT2D eigenvalue weighted by Gasteiger charge is -1.94. The maximum atomic E-state index is 12.6. The first-order valence-corrected chi connectivity index (χ1v) is 4.30. The minimum atomic E-state index is -0.247. The average Bonchev–Trinajstić information content (AvgIpc) is 2.67. The summed E-state index contributed by atoms with van der Waals surface area (Å²) in [4.78, 5) is 0. The summed E-state index contributed by atoms with van der Waals surface area (Å²) < 4.78 is 12.6. The van der Waals surface area contributed by atoms with Crippen molar-refractivity contribution in [3.8, 4) is 11.3 Å². The predicted octanol–water partition coefficient (Wildman–Crippen LogP) is 1.67. The lowest BCUT2D eigenvalue weighted by atomic mass is 10.1. The third kappa shape index (κ3) is 1.65. The molecule has 72 valence electrons. The first kappa shape index (κ1) is 8.90. The highest BCUT2D eigenvalue weighted by molar-refractivity contribution is 5.58. The highest BCUT2D eigenvalue weighted by atomic mass is 19.1. The SMILES string of the molecule is NCc1cc(-c2ccc(F)cc2)n[nH]1. The molecular formula is C10H10FN3. The van der Waals surface area contributed by atoms with Gasteiger partial charge >= 0.3 is 0 Å². The van der Waals surface area contributed by atoms with E-state index in [1.165, 1.54) is 12.1 Å². The quantitative estimate of drug-likeness (QED) is 0.758. The molecule has 0 saturated carbocycles. The molecule has 0 spiro atoms. The summed E-state index contributed by atoms with van der Waals surface area (Å²) in [5, 5.41) is 6.86. The molecule has 14 heavy (non-hydrogen) atoms. The van der Waals surface area contributed by atoms with Gasteiger partial charge in [0.1, 0.15) is 5.82 Å². The molecule has 1 aromatic carbocycles. The van der Waals surface area contributed by atoms with E-state index in [0.29, 0.717) is 6.54 Å². The lowest BCUT2D eigenvalue weighted by molar-refractivity contribution is 0.628. The van der Waals surface area contributed by atoms with E-state index in [1.807, 2.05) is 6.07 Å². The Hall–Kier alpha value is -1.68. The zero-order valence-electron chi connectivity index (χ0n) is 7.50. The number of nitrogens with two attached hydrogens (primary N) is 1. The van der Waals surface area contributed by atoms with Gasteiger partial charge in [-0.15, -0.1) is 0 Å². The van der Waals surface area contributed by atoms with Crippen LogP contribution in [-0.4, -0.2) is 10.2 Å². The predicted molar refractivity (Wildman–Crippen MR) is 51.9 cm³/mol. The first-order valence-electron chi connectivity index (χ1n) is 4.30. The molecule has 0 fully saturated rings. The third-order valence-electron chi connectivity index (χ3n) is 1.99. The number of nitrogens with one attached hydrogen (secondary N) is 1. The molecule has 2 rings (SSSR count). The van der Waals surface area contributed by atoms with Crippen LogP contribution < -0.4 is 5.73 Å². The Bertz CT molecular complexity index is 419. The zero-order chi connectivity index (χ0) is 9.97. The normalized spacial score (nSPS) is 10.4. The van der Waals surface area contributed by atoms with Gasteiger partial charge in [-0.2, -0.15) is 5.10 Å². The Labute approximate surface area is 80.8 Å². The summed E-state index contributed by atoms with van der Waals surface area (Å²) in [6.45, 7) is 0.425. The van der Waals surface area contributed by atoms with Gasteiger partial charge in [0.05, 0.1) is 5.69 Å². The summed E-state index contributed by atoms with van der Waals surface area (Å²) in [5.41, 5.74) is 7.96. The summed E-state index contributed by atoms with van der Waals surface area (Å²) in [6.07, 6.45) is 0. The topological polar surface area (TPSA) is 54.7 Å². The number of H-pyrrole nitrogens is 1. The zero-order valence-corrected chi connectivity index (χ0v) is 7.50. The standard InChI is InChI=1S/C10H10FN3/c11-8-3-1-7(2-4-8)10-5-9(6-12)13-14-10/h1-5H,6,12H2,(H,13,14). The van der Waals surface area contributed by atoms with Crippen LogP contribution in [0.3, 0.4) is 0 Å². The number of halogens is 1. The van der Waals surface area contributed by atoms with Crippen molar-refractivity contribution >= 4 is 0 Å². The van der Waals surface area contributed by atoms with Gasteiger partial charge in [-0.3, -0.25) is 5.10 Å². The van der Waals surface area contributed by atoms with Crippen molar-refractivity contribution in [1.82, 2.24) is 10.2 Å². The molecule has 0 amide bonds. The number of benzene rings is 1. The maximum Gasteiger partial charge on any atom is 0.123 e. The Morgan fingerprint density at radius 1 is 1.29 bits per heavy atom. The molecule has 0 bridgehead atoms. The fraction of sp³-hybridized carbons (Fsp3) is 0.100. The average molecular weight is 191 g/mol. The summed E-state index contributed by atoms with van der Waals surface area (Å²) in [6, 6.07) is 8.04. The molecule has 3 N–H and O–H groups in total. The van der Waals surface area contributed by atoms with E-state index in [1.54, 1.807) is 12.1 Å². The van der Waals surface area contributed by atoms with Gasteiger partial charge < -0.3 is 5.73 Å². The molecule has 4 heteroatoms. The summed E-state index contributed by atoms with van der Waals surface area (Å²) >= 11 is 0. The first-order chi connectivity index (χ1) is 6.79. The molecule has 3 nitrogen and oxygen atoms in total.